The van der Waals surface area contributed by atoms with Gasteiger partial charge in [-0.05, 0) is 51.0 Å². The minimum Gasteiger partial charge on any atom is -0.360 e. The van der Waals surface area contributed by atoms with E-state index in [9.17, 15) is 8.42 Å². The Hall–Kier alpha value is -1.34. The predicted octanol–water partition coefficient (Wildman–Crippen LogP) is 3.47. The quantitative estimate of drug-likeness (QED) is 0.911. The number of hydrogen-bond donors (Lipinski definition) is 1. The van der Waals surface area contributed by atoms with Crippen molar-refractivity contribution in [2.75, 3.05) is 4.72 Å². The lowest BCUT2D eigenvalue weighted by molar-refractivity contribution is 0.390. The zero-order valence-electron chi connectivity index (χ0n) is 11.6. The number of halogens is 1. The normalized spacial score (nSPS) is 11.7. The van der Waals surface area contributed by atoms with Gasteiger partial charge in [-0.15, -0.1) is 0 Å². The number of nitrogens with zero attached hydrogens (tertiary/aromatic N) is 1. The van der Waals surface area contributed by atoms with Crippen molar-refractivity contribution in [3.8, 4) is 0 Å². The number of hydrogen-bond acceptors (Lipinski definition) is 4. The minimum atomic E-state index is -3.70. The molecule has 20 heavy (non-hydrogen) atoms. The fourth-order valence-electron chi connectivity index (χ4n) is 2.07. The van der Waals surface area contributed by atoms with E-state index in [0.717, 1.165) is 15.6 Å². The molecule has 0 spiro atoms. The lowest BCUT2D eigenvalue weighted by atomic mass is 10.1. The Morgan fingerprint density at radius 2 is 1.70 bits per heavy atom. The first-order chi connectivity index (χ1) is 9.22. The van der Waals surface area contributed by atoms with Crippen LogP contribution in [0.15, 0.2) is 26.0 Å². The van der Waals surface area contributed by atoms with Crippen LogP contribution in [-0.2, 0) is 10.0 Å². The highest BCUT2D eigenvalue weighted by Gasteiger charge is 2.24. The number of anilines is 1. The molecule has 0 aliphatic rings. The van der Waals surface area contributed by atoms with Crippen LogP contribution in [0.5, 0.6) is 0 Å². The Kier molecular flexibility index (Phi) is 3.93. The fraction of sp³-hybridized carbons (Fsp3) is 0.308. The Labute approximate surface area is 126 Å². The third-order valence-corrected chi connectivity index (χ3v) is 5.80. The maximum Gasteiger partial charge on any atom is 0.267 e. The summed E-state index contributed by atoms with van der Waals surface area (Å²) in [6, 6.07) is 3.54. The average Bonchev–Trinajstić information content (AvgIpc) is 2.66. The first-order valence-electron chi connectivity index (χ1n) is 5.95. The van der Waals surface area contributed by atoms with Gasteiger partial charge in [-0.25, -0.2) is 8.42 Å². The standard InChI is InChI=1S/C13H15BrN2O3S/c1-7-5-11(6-8(2)12(7)14)16-20(17,18)13-9(3)15-19-10(13)4/h5-6,16H,1-4H3. The van der Waals surface area contributed by atoms with E-state index in [1.54, 1.807) is 26.0 Å². The molecular formula is C13H15BrN2O3S. The third kappa shape index (κ3) is 2.73. The van der Waals surface area contributed by atoms with Crippen molar-refractivity contribution in [2.24, 2.45) is 0 Å². The molecule has 1 aromatic heterocycles. The van der Waals surface area contributed by atoms with Crippen molar-refractivity contribution in [1.29, 1.82) is 0 Å². The van der Waals surface area contributed by atoms with Crippen LogP contribution < -0.4 is 4.72 Å². The van der Waals surface area contributed by atoms with Gasteiger partial charge in [-0.3, -0.25) is 4.72 Å². The van der Waals surface area contributed by atoms with Crippen molar-refractivity contribution < 1.29 is 12.9 Å². The average molecular weight is 359 g/mol. The van der Waals surface area contributed by atoms with E-state index in [1.165, 1.54) is 0 Å². The molecule has 0 bridgehead atoms. The fourth-order valence-corrected chi connectivity index (χ4v) is 3.67. The van der Waals surface area contributed by atoms with Crippen molar-refractivity contribution in [2.45, 2.75) is 32.6 Å². The highest BCUT2D eigenvalue weighted by Crippen LogP contribution is 2.27. The first kappa shape index (κ1) is 15.1. The van der Waals surface area contributed by atoms with Crippen molar-refractivity contribution in [1.82, 2.24) is 5.16 Å². The van der Waals surface area contributed by atoms with Crippen molar-refractivity contribution in [3.05, 3.63) is 39.2 Å². The van der Waals surface area contributed by atoms with Crippen LogP contribution in [0, 0.1) is 27.7 Å². The van der Waals surface area contributed by atoms with Crippen LogP contribution in [0.25, 0.3) is 0 Å². The van der Waals surface area contributed by atoms with E-state index in [0.29, 0.717) is 11.4 Å². The Bertz CT molecular complexity index is 723. The molecule has 0 atom stereocenters. The van der Waals surface area contributed by atoms with Gasteiger partial charge in [0.25, 0.3) is 10.0 Å². The van der Waals surface area contributed by atoms with Gasteiger partial charge in [0.2, 0.25) is 0 Å². The SMILES string of the molecule is Cc1cc(NS(=O)(=O)c2c(C)noc2C)cc(C)c1Br. The predicted molar refractivity (Wildman–Crippen MR) is 80.4 cm³/mol. The van der Waals surface area contributed by atoms with Gasteiger partial charge in [0, 0.05) is 10.2 Å². The molecule has 0 radical (unpaired) electrons. The van der Waals surface area contributed by atoms with Crippen LogP contribution in [0.1, 0.15) is 22.6 Å². The monoisotopic (exact) mass is 358 g/mol. The number of benzene rings is 1. The molecule has 2 rings (SSSR count). The summed E-state index contributed by atoms with van der Waals surface area (Å²) in [5, 5.41) is 3.67. The molecule has 108 valence electrons. The summed E-state index contributed by atoms with van der Waals surface area (Å²) in [5.74, 6) is 0.278. The number of rotatable bonds is 3. The smallest absolute Gasteiger partial charge is 0.267 e. The van der Waals surface area contributed by atoms with Gasteiger partial charge in [-0.2, -0.15) is 0 Å². The zero-order chi connectivity index (χ0) is 15.1. The molecule has 0 aliphatic carbocycles. The summed E-state index contributed by atoms with van der Waals surface area (Å²) >= 11 is 3.45. The summed E-state index contributed by atoms with van der Waals surface area (Å²) in [6.07, 6.45) is 0. The largest absolute Gasteiger partial charge is 0.360 e. The molecule has 7 heteroatoms. The van der Waals surface area contributed by atoms with Gasteiger partial charge in [-0.1, -0.05) is 21.1 Å². The van der Waals surface area contributed by atoms with E-state index < -0.39 is 10.0 Å². The maximum atomic E-state index is 12.4. The summed E-state index contributed by atoms with van der Waals surface area (Å²) in [7, 11) is -3.70. The second-order valence-electron chi connectivity index (χ2n) is 4.68. The van der Waals surface area contributed by atoms with Crippen molar-refractivity contribution in [3.63, 3.8) is 0 Å². The summed E-state index contributed by atoms with van der Waals surface area (Å²) in [4.78, 5) is 0.0933. The third-order valence-electron chi connectivity index (χ3n) is 2.93. The van der Waals surface area contributed by atoms with Gasteiger partial charge in [0.15, 0.2) is 10.7 Å². The van der Waals surface area contributed by atoms with Gasteiger partial charge in [0.1, 0.15) is 5.69 Å². The highest BCUT2D eigenvalue weighted by molar-refractivity contribution is 9.10. The van der Waals surface area contributed by atoms with Crippen molar-refractivity contribution >= 4 is 31.6 Å². The van der Waals surface area contributed by atoms with E-state index in [-0.39, 0.29) is 10.7 Å². The number of aryl methyl sites for hydroxylation is 4. The molecule has 1 heterocycles. The zero-order valence-corrected chi connectivity index (χ0v) is 14.0. The molecule has 1 aromatic carbocycles. The molecule has 0 fully saturated rings. The number of aromatic nitrogens is 1. The van der Waals surface area contributed by atoms with Gasteiger partial charge >= 0.3 is 0 Å². The molecule has 0 aliphatic heterocycles. The van der Waals surface area contributed by atoms with E-state index in [1.807, 2.05) is 13.8 Å². The molecule has 0 amide bonds. The molecular weight excluding hydrogens is 344 g/mol. The summed E-state index contributed by atoms with van der Waals surface area (Å²) in [5.41, 5.74) is 2.78. The summed E-state index contributed by atoms with van der Waals surface area (Å²) in [6.45, 7) is 6.99. The summed E-state index contributed by atoms with van der Waals surface area (Å²) < 4.78 is 33.2. The maximum absolute atomic E-state index is 12.4. The lowest BCUT2D eigenvalue weighted by Gasteiger charge is -2.11. The second kappa shape index (κ2) is 5.21. The molecule has 0 saturated heterocycles. The Balaban J connectivity index is 2.44. The highest BCUT2D eigenvalue weighted by atomic mass is 79.9. The van der Waals surface area contributed by atoms with Crippen LogP contribution in [0.3, 0.4) is 0 Å². The van der Waals surface area contributed by atoms with Crippen LogP contribution >= 0.6 is 15.9 Å². The molecule has 0 saturated carbocycles. The van der Waals surface area contributed by atoms with Gasteiger partial charge in [0.05, 0.1) is 0 Å². The molecule has 5 nitrogen and oxygen atoms in total. The molecule has 1 N–H and O–H groups in total. The Morgan fingerprint density at radius 3 is 2.15 bits per heavy atom. The lowest BCUT2D eigenvalue weighted by Crippen LogP contribution is -2.14. The molecule has 0 unspecified atom stereocenters. The number of nitrogens with one attached hydrogen (secondary N) is 1. The Morgan fingerprint density at radius 1 is 1.15 bits per heavy atom. The van der Waals surface area contributed by atoms with E-state index in [2.05, 4.69) is 25.8 Å². The van der Waals surface area contributed by atoms with Crippen LogP contribution in [-0.4, -0.2) is 13.6 Å². The number of sulfonamides is 1. The van der Waals surface area contributed by atoms with Crippen LogP contribution in [0.2, 0.25) is 0 Å². The topological polar surface area (TPSA) is 72.2 Å². The molecule has 2 aromatic rings. The van der Waals surface area contributed by atoms with Crippen LogP contribution in [0.4, 0.5) is 5.69 Å². The van der Waals surface area contributed by atoms with Gasteiger partial charge < -0.3 is 4.52 Å². The second-order valence-corrected chi connectivity index (χ2v) is 7.10. The minimum absolute atomic E-state index is 0.0933. The van der Waals surface area contributed by atoms with E-state index in [4.69, 9.17) is 4.52 Å². The van der Waals surface area contributed by atoms with E-state index >= 15 is 0 Å². The first-order valence-corrected chi connectivity index (χ1v) is 8.22.